The van der Waals surface area contributed by atoms with Gasteiger partial charge in [0, 0.05) is 61.9 Å². The van der Waals surface area contributed by atoms with Crippen molar-refractivity contribution >= 4 is 49.8 Å². The molecule has 0 saturated heterocycles. The Bertz CT molecular complexity index is 2820. The van der Waals surface area contributed by atoms with Crippen molar-refractivity contribution in [2.24, 2.45) is 0 Å². The summed E-state index contributed by atoms with van der Waals surface area (Å²) in [7, 11) is 0. The summed E-state index contributed by atoms with van der Waals surface area (Å²) in [6, 6.07) is 65.7. The van der Waals surface area contributed by atoms with E-state index in [1.165, 1.54) is 21.8 Å². The van der Waals surface area contributed by atoms with Crippen LogP contribution in [0.25, 0.3) is 66.9 Å². The van der Waals surface area contributed by atoms with Gasteiger partial charge in [-0.05, 0) is 84.9 Å². The van der Waals surface area contributed by atoms with Gasteiger partial charge in [0.1, 0.15) is 0 Å². The summed E-state index contributed by atoms with van der Waals surface area (Å²) >= 11 is 0. The Morgan fingerprint density at radius 3 is 1.58 bits per heavy atom. The monoisotopic (exact) mass is 680 g/mol. The first-order valence-electron chi connectivity index (χ1n) is 17.7. The molecular weight excluding hydrogens is 649 g/mol. The minimum Gasteiger partial charge on any atom is -0.311 e. The van der Waals surface area contributed by atoms with Crippen LogP contribution >= 0.6 is 0 Å². The van der Waals surface area contributed by atoms with Crippen LogP contribution in [0.1, 0.15) is 0 Å². The number of benzene rings is 7. The third kappa shape index (κ3) is 5.24. The quantitative estimate of drug-likeness (QED) is 0.168. The summed E-state index contributed by atoms with van der Waals surface area (Å²) in [5.74, 6) is 1.50. The largest absolute Gasteiger partial charge is 0.311 e. The molecule has 53 heavy (non-hydrogen) atoms. The molecule has 0 spiro atoms. The van der Waals surface area contributed by atoms with Crippen molar-refractivity contribution in [3.05, 3.63) is 194 Å². The van der Waals surface area contributed by atoms with E-state index >= 15 is 0 Å². The summed E-state index contributed by atoms with van der Waals surface area (Å²) in [5.41, 5.74) is 10.4. The standard InChI is InChI=1S/C47H32N6/c1-3-13-34(14-4-1)46-49-50-47(42-21-11-15-33-16-12-32-48-45(33)42)53(46)39-30-26-37(27-31-39)51(35-17-5-2-6-18-35)36-24-28-38(29-25-36)52-43-22-9-7-19-40(43)41-20-8-10-23-44(41)52/h1-32H. The third-order valence-corrected chi connectivity index (χ3v) is 9.90. The van der Waals surface area contributed by atoms with Gasteiger partial charge in [0.05, 0.1) is 16.6 Å². The number of nitrogens with zero attached hydrogens (tertiary/aromatic N) is 6. The average Bonchev–Trinajstić information content (AvgIpc) is 3.82. The molecule has 0 N–H and O–H groups in total. The molecule has 7 aromatic carbocycles. The minimum atomic E-state index is 0.737. The van der Waals surface area contributed by atoms with Crippen molar-refractivity contribution in [2.75, 3.05) is 4.90 Å². The van der Waals surface area contributed by atoms with Crippen LogP contribution in [-0.4, -0.2) is 24.3 Å². The van der Waals surface area contributed by atoms with Gasteiger partial charge in [0.15, 0.2) is 11.6 Å². The maximum Gasteiger partial charge on any atom is 0.171 e. The lowest BCUT2D eigenvalue weighted by atomic mass is 10.1. The van der Waals surface area contributed by atoms with E-state index in [1.54, 1.807) is 0 Å². The highest BCUT2D eigenvalue weighted by Gasteiger charge is 2.21. The second-order valence-electron chi connectivity index (χ2n) is 13.0. The predicted octanol–water partition coefficient (Wildman–Crippen LogP) is 11.7. The van der Waals surface area contributed by atoms with E-state index in [1.807, 2.05) is 36.5 Å². The molecule has 3 aromatic heterocycles. The molecule has 0 bridgehead atoms. The van der Waals surface area contributed by atoms with Gasteiger partial charge in [0.2, 0.25) is 0 Å². The molecule has 0 amide bonds. The summed E-state index contributed by atoms with van der Waals surface area (Å²) in [4.78, 5) is 7.03. The second-order valence-corrected chi connectivity index (χ2v) is 13.0. The lowest BCUT2D eigenvalue weighted by molar-refractivity contribution is 1.07. The highest BCUT2D eigenvalue weighted by Crippen LogP contribution is 2.38. The van der Waals surface area contributed by atoms with Gasteiger partial charge >= 0.3 is 0 Å². The molecule has 10 rings (SSSR count). The summed E-state index contributed by atoms with van der Waals surface area (Å²) in [6.45, 7) is 0. The van der Waals surface area contributed by atoms with Crippen molar-refractivity contribution in [1.82, 2.24) is 24.3 Å². The second kappa shape index (κ2) is 12.8. The van der Waals surface area contributed by atoms with Crippen LogP contribution in [0.2, 0.25) is 0 Å². The van der Waals surface area contributed by atoms with E-state index in [9.17, 15) is 0 Å². The van der Waals surface area contributed by atoms with Gasteiger partial charge in [-0.3, -0.25) is 9.55 Å². The summed E-state index contributed by atoms with van der Waals surface area (Å²) < 4.78 is 4.48. The summed E-state index contributed by atoms with van der Waals surface area (Å²) in [5, 5.41) is 13.1. The van der Waals surface area contributed by atoms with E-state index in [2.05, 4.69) is 172 Å². The van der Waals surface area contributed by atoms with Crippen LogP contribution in [0, 0.1) is 0 Å². The fourth-order valence-electron chi connectivity index (χ4n) is 7.49. The number of pyridine rings is 1. The zero-order valence-corrected chi connectivity index (χ0v) is 28.7. The lowest BCUT2D eigenvalue weighted by Crippen LogP contribution is -2.10. The summed E-state index contributed by atoms with van der Waals surface area (Å²) in [6.07, 6.45) is 1.83. The van der Waals surface area contributed by atoms with Gasteiger partial charge in [-0.2, -0.15) is 0 Å². The van der Waals surface area contributed by atoms with Gasteiger partial charge in [-0.1, -0.05) is 103 Å². The van der Waals surface area contributed by atoms with Crippen molar-refractivity contribution in [3.8, 4) is 34.2 Å². The smallest absolute Gasteiger partial charge is 0.171 e. The first-order valence-corrected chi connectivity index (χ1v) is 17.7. The topological polar surface area (TPSA) is 51.8 Å². The van der Waals surface area contributed by atoms with Crippen molar-refractivity contribution in [1.29, 1.82) is 0 Å². The molecule has 0 fully saturated rings. The molecule has 0 aliphatic heterocycles. The molecule has 6 nitrogen and oxygen atoms in total. The molecule has 0 aliphatic rings. The van der Waals surface area contributed by atoms with E-state index in [0.29, 0.717) is 0 Å². The highest BCUT2D eigenvalue weighted by atomic mass is 15.3. The molecule has 3 heterocycles. The van der Waals surface area contributed by atoms with Crippen LogP contribution in [0.5, 0.6) is 0 Å². The molecule has 6 heteroatoms. The van der Waals surface area contributed by atoms with Crippen molar-refractivity contribution in [3.63, 3.8) is 0 Å². The first kappa shape index (κ1) is 30.5. The number of fused-ring (bicyclic) bond motifs is 4. The van der Waals surface area contributed by atoms with Crippen molar-refractivity contribution < 1.29 is 0 Å². The molecule has 10 aromatic rings. The maximum atomic E-state index is 4.77. The fourth-order valence-corrected chi connectivity index (χ4v) is 7.49. The molecule has 0 atom stereocenters. The Balaban J connectivity index is 1.08. The van der Waals surface area contributed by atoms with E-state index in [-0.39, 0.29) is 0 Å². The van der Waals surface area contributed by atoms with Crippen LogP contribution < -0.4 is 4.90 Å². The lowest BCUT2D eigenvalue weighted by Gasteiger charge is -2.26. The zero-order valence-electron chi connectivity index (χ0n) is 28.7. The number of hydrogen-bond acceptors (Lipinski definition) is 4. The van der Waals surface area contributed by atoms with Crippen LogP contribution in [0.4, 0.5) is 17.1 Å². The van der Waals surface area contributed by atoms with Crippen LogP contribution in [0.15, 0.2) is 194 Å². The first-order chi connectivity index (χ1) is 26.3. The molecule has 0 unspecified atom stereocenters. The number of aromatic nitrogens is 5. The van der Waals surface area contributed by atoms with E-state index < -0.39 is 0 Å². The molecular formula is C47H32N6. The maximum absolute atomic E-state index is 4.77. The van der Waals surface area contributed by atoms with Crippen LogP contribution in [-0.2, 0) is 0 Å². The Hall–Kier alpha value is -7.31. The van der Waals surface area contributed by atoms with Gasteiger partial charge in [-0.15, -0.1) is 10.2 Å². The number of hydrogen-bond donors (Lipinski definition) is 0. The Labute approximate surface area is 306 Å². The molecule has 250 valence electrons. The number of anilines is 3. The highest BCUT2D eigenvalue weighted by molar-refractivity contribution is 6.09. The SMILES string of the molecule is c1ccc(-c2nnc(-c3cccc4cccnc34)n2-c2ccc(N(c3ccccc3)c3ccc(-n4c5ccccc5c5ccccc54)cc3)cc2)cc1. The van der Waals surface area contributed by atoms with E-state index in [0.717, 1.165) is 62.1 Å². The van der Waals surface area contributed by atoms with Gasteiger partial charge in [0.25, 0.3) is 0 Å². The van der Waals surface area contributed by atoms with Crippen molar-refractivity contribution in [2.45, 2.75) is 0 Å². The van der Waals surface area contributed by atoms with Crippen LogP contribution in [0.3, 0.4) is 0 Å². The Kier molecular flexibility index (Phi) is 7.36. The van der Waals surface area contributed by atoms with Gasteiger partial charge in [-0.25, -0.2) is 0 Å². The third-order valence-electron chi connectivity index (χ3n) is 9.90. The van der Waals surface area contributed by atoms with Gasteiger partial charge < -0.3 is 9.47 Å². The Morgan fingerprint density at radius 1 is 0.396 bits per heavy atom. The normalized spacial score (nSPS) is 11.4. The zero-order chi connectivity index (χ0) is 35.1. The molecule has 0 aliphatic carbocycles. The number of rotatable bonds is 7. The average molecular weight is 681 g/mol. The minimum absolute atomic E-state index is 0.737. The Morgan fingerprint density at radius 2 is 0.925 bits per heavy atom. The molecule has 0 saturated carbocycles. The fraction of sp³-hybridized carbons (Fsp3) is 0. The predicted molar refractivity (Wildman–Crippen MR) is 217 cm³/mol. The molecule has 0 radical (unpaired) electrons. The van der Waals surface area contributed by atoms with E-state index in [4.69, 9.17) is 15.2 Å². The number of para-hydroxylation sites is 4.